The van der Waals surface area contributed by atoms with Crippen LogP contribution in [0.4, 0.5) is 8.78 Å². The average molecular weight is 355 g/mol. The highest BCUT2D eigenvalue weighted by Gasteiger charge is 2.34. The summed E-state index contributed by atoms with van der Waals surface area (Å²) in [7, 11) is 0. The zero-order valence-corrected chi connectivity index (χ0v) is 13.7. The topological polar surface area (TPSA) is 59.2 Å². The van der Waals surface area contributed by atoms with Gasteiger partial charge in [-0.3, -0.25) is 4.79 Å². The van der Waals surface area contributed by atoms with Crippen LogP contribution in [0.5, 0.6) is 0 Å². The minimum atomic E-state index is -0.660. The highest BCUT2D eigenvalue weighted by molar-refractivity contribution is 5.79. The molecule has 1 amide bonds. The predicted octanol–water partition coefficient (Wildman–Crippen LogP) is 3.53. The maximum absolute atomic E-state index is 13.8. The van der Waals surface area contributed by atoms with Crippen LogP contribution in [-0.4, -0.2) is 27.5 Å². The van der Waals surface area contributed by atoms with Gasteiger partial charge in [-0.1, -0.05) is 29.4 Å². The summed E-state index contributed by atoms with van der Waals surface area (Å²) in [6, 6.07) is 12.7. The minimum Gasteiger partial charge on any atom is -0.337 e. The Kier molecular flexibility index (Phi) is 4.20. The number of carbonyl (C=O) groups is 1. The van der Waals surface area contributed by atoms with Crippen molar-refractivity contribution in [3.8, 4) is 11.5 Å². The SMILES string of the molecule is O=C1CC(c2noc(-c3ccccc3)n2)CN1Cc1ccc(F)cc1F. The summed E-state index contributed by atoms with van der Waals surface area (Å²) in [5.74, 6) is -0.781. The van der Waals surface area contributed by atoms with Crippen molar-refractivity contribution < 1.29 is 18.1 Å². The number of benzene rings is 2. The van der Waals surface area contributed by atoms with Gasteiger partial charge in [-0.15, -0.1) is 0 Å². The maximum Gasteiger partial charge on any atom is 0.257 e. The first kappa shape index (κ1) is 16.4. The Morgan fingerprint density at radius 3 is 2.73 bits per heavy atom. The molecule has 1 aromatic heterocycles. The second-order valence-corrected chi connectivity index (χ2v) is 6.23. The standard InChI is InChI=1S/C19H15F2N3O2/c20-15-7-6-13(16(21)9-15)10-24-11-14(8-17(24)25)18-22-19(26-23-18)12-4-2-1-3-5-12/h1-7,9,14H,8,10-11H2. The summed E-state index contributed by atoms with van der Waals surface area (Å²) in [5, 5.41) is 3.99. The second-order valence-electron chi connectivity index (χ2n) is 6.23. The maximum atomic E-state index is 13.8. The first-order valence-electron chi connectivity index (χ1n) is 8.21. The molecule has 3 aromatic rings. The third-order valence-corrected chi connectivity index (χ3v) is 4.42. The molecule has 0 aliphatic carbocycles. The summed E-state index contributed by atoms with van der Waals surface area (Å²) < 4.78 is 32.1. The van der Waals surface area contributed by atoms with Crippen LogP contribution in [0.1, 0.15) is 23.7 Å². The van der Waals surface area contributed by atoms with Gasteiger partial charge in [0.2, 0.25) is 5.91 Å². The molecule has 0 radical (unpaired) electrons. The zero-order valence-electron chi connectivity index (χ0n) is 13.7. The molecule has 0 bridgehead atoms. The molecule has 0 saturated carbocycles. The van der Waals surface area contributed by atoms with Crippen LogP contribution in [-0.2, 0) is 11.3 Å². The van der Waals surface area contributed by atoms with E-state index in [4.69, 9.17) is 4.52 Å². The zero-order chi connectivity index (χ0) is 18.1. The summed E-state index contributed by atoms with van der Waals surface area (Å²) in [4.78, 5) is 18.2. The van der Waals surface area contributed by atoms with Gasteiger partial charge in [0.1, 0.15) is 11.6 Å². The molecule has 26 heavy (non-hydrogen) atoms. The molecule has 7 heteroatoms. The summed E-state index contributed by atoms with van der Waals surface area (Å²) in [6.45, 7) is 0.453. The Balaban J connectivity index is 1.49. The number of likely N-dealkylation sites (tertiary alicyclic amines) is 1. The number of nitrogens with zero attached hydrogens (tertiary/aromatic N) is 3. The van der Waals surface area contributed by atoms with E-state index in [2.05, 4.69) is 10.1 Å². The van der Waals surface area contributed by atoms with Crippen molar-refractivity contribution in [1.29, 1.82) is 0 Å². The van der Waals surface area contributed by atoms with Gasteiger partial charge < -0.3 is 9.42 Å². The Morgan fingerprint density at radius 1 is 1.15 bits per heavy atom. The third-order valence-electron chi connectivity index (χ3n) is 4.42. The van der Waals surface area contributed by atoms with Crippen LogP contribution < -0.4 is 0 Å². The number of amides is 1. The van der Waals surface area contributed by atoms with Crippen molar-refractivity contribution in [3.05, 3.63) is 71.6 Å². The van der Waals surface area contributed by atoms with E-state index in [1.165, 1.54) is 17.0 Å². The lowest BCUT2D eigenvalue weighted by molar-refractivity contribution is -0.128. The first-order chi connectivity index (χ1) is 12.6. The normalized spacial score (nSPS) is 17.1. The molecule has 4 rings (SSSR count). The summed E-state index contributed by atoms with van der Waals surface area (Å²) in [5.41, 5.74) is 1.08. The predicted molar refractivity (Wildman–Crippen MR) is 88.9 cm³/mol. The smallest absolute Gasteiger partial charge is 0.257 e. The van der Waals surface area contributed by atoms with E-state index in [1.54, 1.807) is 0 Å². The van der Waals surface area contributed by atoms with Crippen molar-refractivity contribution >= 4 is 5.91 Å². The van der Waals surface area contributed by atoms with Crippen LogP contribution in [0.2, 0.25) is 0 Å². The van der Waals surface area contributed by atoms with Crippen molar-refractivity contribution in [1.82, 2.24) is 15.0 Å². The van der Waals surface area contributed by atoms with Crippen molar-refractivity contribution in [2.24, 2.45) is 0 Å². The molecule has 5 nitrogen and oxygen atoms in total. The Morgan fingerprint density at radius 2 is 1.96 bits per heavy atom. The lowest BCUT2D eigenvalue weighted by Gasteiger charge is -2.16. The van der Waals surface area contributed by atoms with Crippen LogP contribution in [0, 0.1) is 11.6 Å². The Labute approximate surface area is 148 Å². The summed E-state index contributed by atoms with van der Waals surface area (Å²) in [6.07, 6.45) is 0.233. The molecular weight excluding hydrogens is 340 g/mol. The Hall–Kier alpha value is -3.09. The van der Waals surface area contributed by atoms with Gasteiger partial charge in [-0.05, 0) is 18.2 Å². The molecule has 1 unspecified atom stereocenters. The van der Waals surface area contributed by atoms with Crippen molar-refractivity contribution in [2.45, 2.75) is 18.9 Å². The van der Waals surface area contributed by atoms with Crippen LogP contribution in [0.25, 0.3) is 11.5 Å². The van der Waals surface area contributed by atoms with Crippen LogP contribution in [0.3, 0.4) is 0 Å². The van der Waals surface area contributed by atoms with E-state index in [0.717, 1.165) is 11.6 Å². The average Bonchev–Trinajstić information content (AvgIpc) is 3.25. The molecule has 1 aliphatic heterocycles. The molecule has 1 atom stereocenters. The molecule has 0 spiro atoms. The fourth-order valence-corrected chi connectivity index (χ4v) is 3.05. The van der Waals surface area contributed by atoms with Gasteiger partial charge in [0, 0.05) is 42.6 Å². The highest BCUT2D eigenvalue weighted by Crippen LogP contribution is 2.29. The van der Waals surface area contributed by atoms with Gasteiger partial charge in [0.15, 0.2) is 5.82 Å². The van der Waals surface area contributed by atoms with Crippen LogP contribution >= 0.6 is 0 Å². The van der Waals surface area contributed by atoms with Gasteiger partial charge in [0.25, 0.3) is 5.89 Å². The monoisotopic (exact) mass is 355 g/mol. The van der Waals surface area contributed by atoms with E-state index in [9.17, 15) is 13.6 Å². The molecule has 0 N–H and O–H groups in total. The largest absolute Gasteiger partial charge is 0.337 e. The van der Waals surface area contributed by atoms with Gasteiger partial charge in [0.05, 0.1) is 0 Å². The highest BCUT2D eigenvalue weighted by atomic mass is 19.1. The fraction of sp³-hybridized carbons (Fsp3) is 0.211. The number of aromatic nitrogens is 2. The van der Waals surface area contributed by atoms with E-state index >= 15 is 0 Å². The fourth-order valence-electron chi connectivity index (χ4n) is 3.05. The number of carbonyl (C=O) groups excluding carboxylic acids is 1. The van der Waals surface area contributed by atoms with E-state index in [1.807, 2.05) is 30.3 Å². The number of hydrogen-bond acceptors (Lipinski definition) is 4. The Bertz CT molecular complexity index is 943. The molecule has 1 fully saturated rings. The molecule has 1 aliphatic rings. The number of hydrogen-bond donors (Lipinski definition) is 0. The second kappa shape index (κ2) is 6.67. The first-order valence-corrected chi connectivity index (χ1v) is 8.21. The lowest BCUT2D eigenvalue weighted by atomic mass is 10.1. The molecule has 1 saturated heterocycles. The van der Waals surface area contributed by atoms with Crippen molar-refractivity contribution in [2.75, 3.05) is 6.54 Å². The van der Waals surface area contributed by atoms with E-state index in [0.29, 0.717) is 18.3 Å². The van der Waals surface area contributed by atoms with E-state index in [-0.39, 0.29) is 30.4 Å². The summed E-state index contributed by atoms with van der Waals surface area (Å²) >= 11 is 0. The molecule has 2 heterocycles. The lowest BCUT2D eigenvalue weighted by Crippen LogP contribution is -2.25. The van der Waals surface area contributed by atoms with Gasteiger partial charge in [-0.2, -0.15) is 4.98 Å². The van der Waals surface area contributed by atoms with Crippen LogP contribution in [0.15, 0.2) is 53.1 Å². The van der Waals surface area contributed by atoms with E-state index < -0.39 is 11.6 Å². The van der Waals surface area contributed by atoms with Gasteiger partial charge >= 0.3 is 0 Å². The molecule has 2 aromatic carbocycles. The van der Waals surface area contributed by atoms with Crippen molar-refractivity contribution in [3.63, 3.8) is 0 Å². The quantitative estimate of drug-likeness (QED) is 0.718. The molecular formula is C19H15F2N3O2. The minimum absolute atomic E-state index is 0.0881. The number of rotatable bonds is 4. The molecule has 132 valence electrons. The third kappa shape index (κ3) is 3.20. The number of halogens is 2. The van der Waals surface area contributed by atoms with Gasteiger partial charge in [-0.25, -0.2) is 8.78 Å².